The number of esters is 1. The van der Waals surface area contributed by atoms with E-state index in [1.807, 2.05) is 0 Å². The summed E-state index contributed by atoms with van der Waals surface area (Å²) in [6.45, 7) is 0.872. The van der Waals surface area contributed by atoms with Gasteiger partial charge in [0.15, 0.2) is 17.6 Å². The van der Waals surface area contributed by atoms with Gasteiger partial charge in [-0.3, -0.25) is 9.35 Å². The van der Waals surface area contributed by atoms with Gasteiger partial charge < -0.3 is 31.5 Å². The van der Waals surface area contributed by atoms with Crippen molar-refractivity contribution in [1.29, 1.82) is 0 Å². The highest BCUT2D eigenvalue weighted by Gasteiger charge is 2.66. The fourth-order valence-electron chi connectivity index (χ4n) is 3.45. The van der Waals surface area contributed by atoms with Gasteiger partial charge in [0.1, 0.15) is 30.9 Å². The van der Waals surface area contributed by atoms with Crippen molar-refractivity contribution in [3.05, 3.63) is 0 Å². The van der Waals surface area contributed by atoms with Gasteiger partial charge in [0.05, 0.1) is 6.54 Å². The Labute approximate surface area is 142 Å². The van der Waals surface area contributed by atoms with Crippen LogP contribution in [0.4, 0.5) is 0 Å². The smallest absolute Gasteiger partial charge is 0.397 e. The van der Waals surface area contributed by atoms with Crippen LogP contribution in [0.1, 0.15) is 6.92 Å². The van der Waals surface area contributed by atoms with E-state index in [1.54, 1.807) is 0 Å². The Morgan fingerprint density at radius 2 is 2.16 bits per heavy atom. The molecule has 0 aromatic rings. The topological polar surface area (TPSA) is 202 Å². The lowest BCUT2D eigenvalue weighted by molar-refractivity contribution is -0.142. The first kappa shape index (κ1) is 17.7. The summed E-state index contributed by atoms with van der Waals surface area (Å²) in [5, 5.41) is 13.5. The molecule has 7 N–H and O–H groups in total. The van der Waals surface area contributed by atoms with E-state index in [9.17, 15) is 18.3 Å². The van der Waals surface area contributed by atoms with Crippen molar-refractivity contribution < 1.29 is 31.8 Å². The number of aliphatic hydroxyl groups is 1. The van der Waals surface area contributed by atoms with Crippen LogP contribution in [0.2, 0.25) is 0 Å². The van der Waals surface area contributed by atoms with Crippen molar-refractivity contribution >= 4 is 28.3 Å². The number of nitrogens with one attached hydrogen (secondary N) is 1. The van der Waals surface area contributed by atoms with Crippen LogP contribution in [0.3, 0.4) is 0 Å². The van der Waals surface area contributed by atoms with Gasteiger partial charge in [-0.1, -0.05) is 0 Å². The number of hydrogen-bond acceptors (Lipinski definition) is 12. The molecule has 0 aromatic carbocycles. The Kier molecular flexibility index (Phi) is 4.02. The lowest BCUT2D eigenvalue weighted by atomic mass is 9.88. The number of nitrogens with zero attached hydrogens (tertiary/aromatic N) is 3. The van der Waals surface area contributed by atoms with Gasteiger partial charge in [0.2, 0.25) is 0 Å². The van der Waals surface area contributed by atoms with Crippen LogP contribution in [-0.2, 0) is 24.1 Å². The van der Waals surface area contributed by atoms with Crippen molar-refractivity contribution in [2.45, 2.75) is 36.9 Å². The van der Waals surface area contributed by atoms with Crippen molar-refractivity contribution in [2.75, 3.05) is 13.2 Å². The number of guanidine groups is 2. The molecule has 25 heavy (non-hydrogen) atoms. The molecule has 0 aromatic heterocycles. The average Bonchev–Trinajstić information content (AvgIpc) is 2.95. The number of aliphatic imine (C=N–C) groups is 2. The van der Waals surface area contributed by atoms with Crippen molar-refractivity contribution in [3.8, 4) is 0 Å². The lowest BCUT2D eigenvalue weighted by Crippen LogP contribution is -2.73. The molecule has 140 valence electrons. The Morgan fingerprint density at radius 1 is 1.48 bits per heavy atom. The maximum Gasteiger partial charge on any atom is 0.397 e. The number of nitrogens with two attached hydrogens (primary N) is 2. The van der Waals surface area contributed by atoms with Crippen molar-refractivity contribution in [3.63, 3.8) is 0 Å². The summed E-state index contributed by atoms with van der Waals surface area (Å²) in [5.41, 5.74) is 10.2. The van der Waals surface area contributed by atoms with E-state index in [4.69, 9.17) is 20.8 Å². The SMILES string of the molecule is CC(=O)OC[C@@H]1N=C(N)N2C[C@H](OS(=O)(=O)O)[C@@H](O)[C@@]23NC(N)=NC13. The second-order valence-electron chi connectivity index (χ2n) is 5.88. The standard InChI is InChI=1S/C11H18N6O7S/c1-4(18)23-3-5-7-11(16-9(12)15-7)8(19)6(24-25(20,21)22)2-17(11)10(13)14-5/h5-8,19H,2-3H2,1H3,(H2,13,14)(H3,12,15,16)(H,20,21,22)/t5-,6-,7?,8+,11-/m0/s1. The third-order valence-corrected chi connectivity index (χ3v) is 4.80. The first-order chi connectivity index (χ1) is 11.5. The molecule has 5 atom stereocenters. The summed E-state index contributed by atoms with van der Waals surface area (Å²) < 4.78 is 40.4. The normalized spacial score (nSPS) is 36.8. The van der Waals surface area contributed by atoms with E-state index < -0.39 is 46.3 Å². The zero-order valence-electron chi connectivity index (χ0n) is 13.1. The van der Waals surface area contributed by atoms with Gasteiger partial charge >= 0.3 is 16.4 Å². The Hall–Kier alpha value is -2.16. The highest BCUT2D eigenvalue weighted by Crippen LogP contribution is 2.40. The summed E-state index contributed by atoms with van der Waals surface area (Å²) >= 11 is 0. The third kappa shape index (κ3) is 2.86. The van der Waals surface area contributed by atoms with Crippen LogP contribution in [-0.4, -0.2) is 84.0 Å². The minimum Gasteiger partial charge on any atom is -0.464 e. The number of aliphatic hydroxyl groups excluding tert-OH is 1. The summed E-state index contributed by atoms with van der Waals surface area (Å²) in [7, 11) is -4.81. The number of hydrogen-bond donors (Lipinski definition) is 5. The first-order valence-corrected chi connectivity index (χ1v) is 8.60. The highest BCUT2D eigenvalue weighted by molar-refractivity contribution is 7.80. The van der Waals surface area contributed by atoms with Crippen molar-refractivity contribution in [1.82, 2.24) is 10.2 Å². The number of rotatable bonds is 4. The van der Waals surface area contributed by atoms with Gasteiger partial charge in [0, 0.05) is 6.92 Å². The molecule has 3 aliphatic rings. The van der Waals surface area contributed by atoms with E-state index in [1.165, 1.54) is 11.8 Å². The van der Waals surface area contributed by atoms with E-state index in [-0.39, 0.29) is 25.1 Å². The molecule has 3 rings (SSSR count). The largest absolute Gasteiger partial charge is 0.464 e. The summed E-state index contributed by atoms with van der Waals surface area (Å²) in [4.78, 5) is 20.8. The molecule has 1 spiro atoms. The zero-order valence-corrected chi connectivity index (χ0v) is 13.9. The molecular formula is C11H18N6O7S. The Balaban J connectivity index is 1.96. The number of ether oxygens (including phenoxy) is 1. The maximum atomic E-state index is 11.1. The van der Waals surface area contributed by atoms with Crippen LogP contribution < -0.4 is 16.8 Å². The lowest BCUT2D eigenvalue weighted by Gasteiger charge is -2.46. The van der Waals surface area contributed by atoms with Crippen LogP contribution in [0.5, 0.6) is 0 Å². The molecular weight excluding hydrogens is 360 g/mol. The second-order valence-corrected chi connectivity index (χ2v) is 6.93. The van der Waals surface area contributed by atoms with E-state index in [2.05, 4.69) is 19.5 Å². The van der Waals surface area contributed by atoms with Gasteiger partial charge in [0.25, 0.3) is 0 Å². The van der Waals surface area contributed by atoms with E-state index in [0.29, 0.717) is 0 Å². The number of carbonyl (C=O) groups excluding carboxylic acids is 1. The first-order valence-electron chi connectivity index (χ1n) is 7.24. The van der Waals surface area contributed by atoms with Crippen molar-refractivity contribution in [2.24, 2.45) is 21.5 Å². The monoisotopic (exact) mass is 378 g/mol. The molecule has 1 fully saturated rings. The number of carbonyl (C=O) groups is 1. The molecule has 13 nitrogen and oxygen atoms in total. The van der Waals surface area contributed by atoms with E-state index >= 15 is 0 Å². The Morgan fingerprint density at radius 3 is 2.76 bits per heavy atom. The minimum absolute atomic E-state index is 0.0284. The molecule has 0 amide bonds. The predicted octanol–water partition coefficient (Wildman–Crippen LogP) is -3.91. The molecule has 0 radical (unpaired) electrons. The van der Waals surface area contributed by atoms with Crippen LogP contribution in [0, 0.1) is 0 Å². The van der Waals surface area contributed by atoms with Gasteiger partial charge in [-0.2, -0.15) is 8.42 Å². The summed E-state index contributed by atoms with van der Waals surface area (Å²) in [6, 6.07) is -1.59. The zero-order chi connectivity index (χ0) is 18.6. The van der Waals surface area contributed by atoms with Gasteiger partial charge in [-0.15, -0.1) is 0 Å². The fraction of sp³-hybridized carbons (Fsp3) is 0.727. The van der Waals surface area contributed by atoms with Crippen LogP contribution >= 0.6 is 0 Å². The summed E-state index contributed by atoms with van der Waals surface area (Å²) in [5.74, 6) is -0.613. The molecule has 1 saturated heterocycles. The molecule has 3 heterocycles. The molecule has 3 aliphatic heterocycles. The van der Waals surface area contributed by atoms with Gasteiger partial charge in [-0.05, 0) is 0 Å². The quantitative estimate of drug-likeness (QED) is 0.236. The average molecular weight is 378 g/mol. The van der Waals surface area contributed by atoms with Crippen LogP contribution in [0.25, 0.3) is 0 Å². The highest BCUT2D eigenvalue weighted by atomic mass is 32.3. The summed E-state index contributed by atoms with van der Waals surface area (Å²) in [6.07, 6.45) is -2.83. The van der Waals surface area contributed by atoms with E-state index in [0.717, 1.165) is 0 Å². The van der Waals surface area contributed by atoms with Gasteiger partial charge in [-0.25, -0.2) is 14.2 Å². The van der Waals surface area contributed by atoms with Crippen LogP contribution in [0.15, 0.2) is 9.98 Å². The molecule has 0 bridgehead atoms. The fourth-order valence-corrected chi connectivity index (χ4v) is 3.93. The molecule has 1 unspecified atom stereocenters. The predicted molar refractivity (Wildman–Crippen MR) is 82.5 cm³/mol. The maximum absolute atomic E-state index is 11.1. The third-order valence-electron chi connectivity index (χ3n) is 4.31. The molecule has 14 heteroatoms. The molecule has 0 saturated carbocycles. The minimum atomic E-state index is -4.81. The second kappa shape index (κ2) is 5.69. The molecule has 0 aliphatic carbocycles. The Bertz CT molecular complexity index is 754.